The van der Waals surface area contributed by atoms with Crippen LogP contribution >= 0.6 is 11.3 Å². The third-order valence-corrected chi connectivity index (χ3v) is 12.2. The van der Waals surface area contributed by atoms with E-state index in [0.29, 0.717) is 0 Å². The van der Waals surface area contributed by atoms with Gasteiger partial charge >= 0.3 is 0 Å². The summed E-state index contributed by atoms with van der Waals surface area (Å²) in [6, 6.07) is 75.2. The normalized spacial score (nSPS) is 11.6. The molecular weight excluding hydrogens is 685 g/mol. The van der Waals surface area contributed by atoms with Gasteiger partial charge in [-0.2, -0.15) is 0 Å². The molecule has 0 aliphatic rings. The van der Waals surface area contributed by atoms with Gasteiger partial charge < -0.3 is 9.47 Å². The third kappa shape index (κ3) is 5.24. The fourth-order valence-electron chi connectivity index (χ4n) is 8.43. The second kappa shape index (κ2) is 12.9. The van der Waals surface area contributed by atoms with Gasteiger partial charge in [-0.25, -0.2) is 0 Å². The minimum atomic E-state index is 1.11. The molecule has 2 heterocycles. The summed E-state index contributed by atoms with van der Waals surface area (Å²) in [6.07, 6.45) is 0. The summed E-state index contributed by atoms with van der Waals surface area (Å²) >= 11 is 1.88. The molecule has 9 aromatic carbocycles. The van der Waals surface area contributed by atoms with Crippen molar-refractivity contribution >= 4 is 81.1 Å². The molecule has 55 heavy (non-hydrogen) atoms. The smallest absolute Gasteiger partial charge is 0.0541 e. The quantitative estimate of drug-likeness (QED) is 0.166. The molecule has 0 bridgehead atoms. The van der Waals surface area contributed by atoms with Crippen LogP contribution in [0.25, 0.3) is 80.7 Å². The SMILES string of the molecule is c1ccc(-c2cccc(N(c3ccc(-c4cc(-n5c6ccccc6c6ccccc65)cc5c4sc4ccccc45)cc3)c3cccc4ccccc34)c2)cc1. The van der Waals surface area contributed by atoms with E-state index < -0.39 is 0 Å². The first-order valence-electron chi connectivity index (χ1n) is 18.8. The maximum Gasteiger partial charge on any atom is 0.0541 e. The first kappa shape index (κ1) is 31.6. The molecular formula is C52H34N2S. The number of aromatic nitrogens is 1. The van der Waals surface area contributed by atoms with E-state index >= 15 is 0 Å². The first-order chi connectivity index (χ1) is 27.3. The molecule has 0 amide bonds. The standard InChI is InChI=1S/C52H34N2S/c1-2-14-35(15-3-1)38-18-12-19-40(32-38)53(48-26-13-17-36-16-4-5-20-42(36)48)39-30-28-37(29-31-39)46-33-41(34-47-45-23-8-11-27-51(45)55-52(46)47)54-49-24-9-6-21-43(49)44-22-7-10-25-50(44)54/h1-34H. The Hall–Kier alpha value is -6.94. The minimum absolute atomic E-state index is 1.11. The summed E-state index contributed by atoms with van der Waals surface area (Å²) < 4.78 is 5.05. The van der Waals surface area contributed by atoms with Crippen molar-refractivity contribution in [1.82, 2.24) is 4.57 Å². The van der Waals surface area contributed by atoms with Crippen LogP contribution in [-0.4, -0.2) is 4.57 Å². The van der Waals surface area contributed by atoms with Gasteiger partial charge in [-0.1, -0.05) is 146 Å². The highest BCUT2D eigenvalue weighted by Gasteiger charge is 2.19. The highest BCUT2D eigenvalue weighted by atomic mass is 32.1. The number of nitrogens with zero attached hydrogens (tertiary/aromatic N) is 2. The third-order valence-electron chi connectivity index (χ3n) is 11.0. The summed E-state index contributed by atoms with van der Waals surface area (Å²) in [5, 5.41) is 7.55. The molecule has 258 valence electrons. The van der Waals surface area contributed by atoms with Crippen molar-refractivity contribution in [2.45, 2.75) is 0 Å². The van der Waals surface area contributed by atoms with Crippen molar-refractivity contribution in [2.24, 2.45) is 0 Å². The van der Waals surface area contributed by atoms with Gasteiger partial charge in [0, 0.05) is 59.0 Å². The van der Waals surface area contributed by atoms with Crippen LogP contribution in [0.1, 0.15) is 0 Å². The molecule has 0 saturated carbocycles. The Labute approximate surface area is 323 Å². The highest BCUT2D eigenvalue weighted by molar-refractivity contribution is 7.26. The van der Waals surface area contributed by atoms with E-state index in [4.69, 9.17) is 0 Å². The van der Waals surface area contributed by atoms with Crippen LogP contribution in [0, 0.1) is 0 Å². The molecule has 11 aromatic rings. The Kier molecular flexibility index (Phi) is 7.39. The summed E-state index contributed by atoms with van der Waals surface area (Å²) in [5.74, 6) is 0. The van der Waals surface area contributed by atoms with Crippen molar-refractivity contribution < 1.29 is 0 Å². The molecule has 0 saturated heterocycles. The second-order valence-corrected chi connectivity index (χ2v) is 15.2. The first-order valence-corrected chi connectivity index (χ1v) is 19.6. The lowest BCUT2D eigenvalue weighted by Gasteiger charge is -2.27. The van der Waals surface area contributed by atoms with Gasteiger partial charge in [0.1, 0.15) is 0 Å². The summed E-state index contributed by atoms with van der Waals surface area (Å²) in [6.45, 7) is 0. The number of fused-ring (bicyclic) bond motifs is 7. The Bertz CT molecular complexity index is 3150. The second-order valence-electron chi connectivity index (χ2n) is 14.1. The monoisotopic (exact) mass is 718 g/mol. The zero-order valence-corrected chi connectivity index (χ0v) is 30.7. The summed E-state index contributed by atoms with van der Waals surface area (Å²) in [5.41, 5.74) is 11.8. The van der Waals surface area contributed by atoms with E-state index in [9.17, 15) is 0 Å². The van der Waals surface area contributed by atoms with Crippen LogP contribution in [0.2, 0.25) is 0 Å². The van der Waals surface area contributed by atoms with Crippen molar-refractivity contribution in [3.8, 4) is 27.9 Å². The zero-order chi connectivity index (χ0) is 36.3. The molecule has 2 aromatic heterocycles. The fraction of sp³-hybridized carbons (Fsp3) is 0. The number of hydrogen-bond donors (Lipinski definition) is 0. The molecule has 0 N–H and O–H groups in total. The molecule has 0 atom stereocenters. The van der Waals surface area contributed by atoms with Crippen LogP contribution in [0.15, 0.2) is 206 Å². The van der Waals surface area contributed by atoms with E-state index in [0.717, 1.165) is 17.1 Å². The van der Waals surface area contributed by atoms with Gasteiger partial charge in [0.25, 0.3) is 0 Å². The number of rotatable bonds is 6. The molecule has 0 spiro atoms. The Morgan fingerprint density at radius 1 is 0.382 bits per heavy atom. The molecule has 3 heteroatoms. The molecule has 2 nitrogen and oxygen atoms in total. The molecule has 0 aliphatic carbocycles. The van der Waals surface area contributed by atoms with Crippen LogP contribution in [-0.2, 0) is 0 Å². The van der Waals surface area contributed by atoms with Crippen molar-refractivity contribution in [2.75, 3.05) is 4.90 Å². The van der Waals surface area contributed by atoms with Crippen molar-refractivity contribution in [1.29, 1.82) is 0 Å². The number of thiophene rings is 1. The van der Waals surface area contributed by atoms with E-state index in [2.05, 4.69) is 216 Å². The number of benzene rings is 9. The Morgan fingerprint density at radius 3 is 1.78 bits per heavy atom. The lowest BCUT2D eigenvalue weighted by atomic mass is 10.00. The van der Waals surface area contributed by atoms with Crippen molar-refractivity contribution in [3.63, 3.8) is 0 Å². The zero-order valence-electron chi connectivity index (χ0n) is 29.9. The van der Waals surface area contributed by atoms with Crippen LogP contribution in [0.4, 0.5) is 17.1 Å². The van der Waals surface area contributed by atoms with E-state index in [1.807, 2.05) is 11.3 Å². The lowest BCUT2D eigenvalue weighted by Crippen LogP contribution is -2.10. The van der Waals surface area contributed by atoms with E-state index in [1.165, 1.54) is 80.7 Å². The molecule has 11 rings (SSSR count). The number of para-hydroxylation sites is 2. The summed E-state index contributed by atoms with van der Waals surface area (Å²) in [4.78, 5) is 2.40. The van der Waals surface area contributed by atoms with Gasteiger partial charge in [0.05, 0.1) is 16.7 Å². The molecule has 0 unspecified atom stereocenters. The predicted octanol–water partition coefficient (Wildman–Crippen LogP) is 15.1. The molecule has 0 radical (unpaired) electrons. The van der Waals surface area contributed by atoms with Gasteiger partial charge in [-0.3, -0.25) is 0 Å². The average Bonchev–Trinajstić information content (AvgIpc) is 3.80. The van der Waals surface area contributed by atoms with E-state index in [-0.39, 0.29) is 0 Å². The lowest BCUT2D eigenvalue weighted by molar-refractivity contribution is 1.19. The number of anilines is 3. The Balaban J connectivity index is 1.11. The van der Waals surface area contributed by atoms with E-state index in [1.54, 1.807) is 0 Å². The minimum Gasteiger partial charge on any atom is -0.310 e. The predicted molar refractivity (Wildman–Crippen MR) is 237 cm³/mol. The number of hydrogen-bond acceptors (Lipinski definition) is 2. The Morgan fingerprint density at radius 2 is 1.00 bits per heavy atom. The van der Waals surface area contributed by atoms with Crippen LogP contribution in [0.5, 0.6) is 0 Å². The van der Waals surface area contributed by atoms with Gasteiger partial charge in [0.15, 0.2) is 0 Å². The summed E-state index contributed by atoms with van der Waals surface area (Å²) in [7, 11) is 0. The van der Waals surface area contributed by atoms with Gasteiger partial charge in [-0.05, 0) is 82.7 Å². The van der Waals surface area contributed by atoms with Gasteiger partial charge in [0.2, 0.25) is 0 Å². The average molecular weight is 719 g/mol. The fourth-order valence-corrected chi connectivity index (χ4v) is 9.65. The highest BCUT2D eigenvalue weighted by Crippen LogP contribution is 2.45. The van der Waals surface area contributed by atoms with Crippen LogP contribution < -0.4 is 4.90 Å². The molecule has 0 fully saturated rings. The molecule has 0 aliphatic heterocycles. The largest absolute Gasteiger partial charge is 0.310 e. The van der Waals surface area contributed by atoms with Crippen LogP contribution in [0.3, 0.4) is 0 Å². The maximum absolute atomic E-state index is 2.44. The maximum atomic E-state index is 2.44. The topological polar surface area (TPSA) is 8.17 Å². The van der Waals surface area contributed by atoms with Crippen molar-refractivity contribution in [3.05, 3.63) is 206 Å². The van der Waals surface area contributed by atoms with Gasteiger partial charge in [-0.15, -0.1) is 11.3 Å².